The SMILES string of the molecule is COC(=O)[C@@H](Cc1c2ccccc2cc2ccccc12)NC(=O)c1cccc(C(F)(F)F)c1. The number of carbonyl (C=O) groups is 2. The molecule has 0 aliphatic heterocycles. The summed E-state index contributed by atoms with van der Waals surface area (Å²) in [7, 11) is 1.20. The first kappa shape index (κ1) is 22.3. The van der Waals surface area contributed by atoms with Gasteiger partial charge < -0.3 is 10.1 Å². The van der Waals surface area contributed by atoms with Crippen LogP contribution in [0.1, 0.15) is 21.5 Å². The summed E-state index contributed by atoms with van der Waals surface area (Å²) < 4.78 is 44.1. The number of hydrogen-bond acceptors (Lipinski definition) is 3. The molecule has 0 aromatic heterocycles. The highest BCUT2D eigenvalue weighted by Gasteiger charge is 2.31. The molecule has 0 radical (unpaired) electrons. The number of ether oxygens (including phenoxy) is 1. The van der Waals surface area contributed by atoms with Gasteiger partial charge in [0.25, 0.3) is 5.91 Å². The molecular formula is C26H20F3NO3. The first-order valence-corrected chi connectivity index (χ1v) is 10.2. The van der Waals surface area contributed by atoms with Crippen LogP contribution in [0.3, 0.4) is 0 Å². The molecule has 0 fully saturated rings. The van der Waals surface area contributed by atoms with Crippen LogP contribution in [-0.4, -0.2) is 25.0 Å². The van der Waals surface area contributed by atoms with Gasteiger partial charge in [0.2, 0.25) is 0 Å². The Kier molecular flexibility index (Phi) is 6.05. The standard InChI is InChI=1S/C26H20F3NO3/c1-33-25(32)23(30-24(31)18-9-6-10-19(14-18)26(27,28)29)15-22-20-11-4-2-7-16(20)13-17-8-3-5-12-21(17)22/h2-14,23H,15H2,1H3,(H,30,31)/t23-/m1/s1. The Morgan fingerprint density at radius 1 is 0.879 bits per heavy atom. The molecule has 0 saturated heterocycles. The first-order valence-electron chi connectivity index (χ1n) is 10.2. The summed E-state index contributed by atoms with van der Waals surface area (Å²) in [6.07, 6.45) is -4.47. The van der Waals surface area contributed by atoms with Crippen LogP contribution in [-0.2, 0) is 22.1 Å². The first-order chi connectivity index (χ1) is 15.8. The molecule has 1 amide bonds. The minimum atomic E-state index is -4.58. The van der Waals surface area contributed by atoms with Crippen molar-refractivity contribution in [3.63, 3.8) is 0 Å². The maximum Gasteiger partial charge on any atom is 0.416 e. The van der Waals surface area contributed by atoms with Gasteiger partial charge in [-0.3, -0.25) is 4.79 Å². The van der Waals surface area contributed by atoms with Crippen LogP contribution in [0.25, 0.3) is 21.5 Å². The Balaban J connectivity index is 1.72. The molecule has 0 saturated carbocycles. The molecule has 0 aliphatic rings. The number of nitrogens with one attached hydrogen (secondary N) is 1. The van der Waals surface area contributed by atoms with E-state index in [1.165, 1.54) is 13.2 Å². The molecule has 0 aliphatic carbocycles. The van der Waals surface area contributed by atoms with Crippen molar-refractivity contribution < 1.29 is 27.5 Å². The van der Waals surface area contributed by atoms with Crippen LogP contribution in [0.4, 0.5) is 13.2 Å². The largest absolute Gasteiger partial charge is 0.467 e. The van der Waals surface area contributed by atoms with Crippen LogP contribution < -0.4 is 5.32 Å². The highest BCUT2D eigenvalue weighted by molar-refractivity contribution is 6.03. The average molecular weight is 451 g/mol. The molecule has 1 atom stereocenters. The smallest absolute Gasteiger partial charge is 0.416 e. The fourth-order valence-corrected chi connectivity index (χ4v) is 3.95. The lowest BCUT2D eigenvalue weighted by Gasteiger charge is -2.19. The zero-order valence-electron chi connectivity index (χ0n) is 17.6. The third kappa shape index (κ3) is 4.67. The molecule has 0 bridgehead atoms. The van der Waals surface area contributed by atoms with E-state index in [1.807, 2.05) is 54.6 Å². The number of esters is 1. The Labute approximate surface area is 188 Å². The lowest BCUT2D eigenvalue weighted by Crippen LogP contribution is -2.43. The van der Waals surface area contributed by atoms with Crippen molar-refractivity contribution in [3.8, 4) is 0 Å². The zero-order chi connectivity index (χ0) is 23.6. The van der Waals surface area contributed by atoms with Crippen LogP contribution >= 0.6 is 0 Å². The van der Waals surface area contributed by atoms with E-state index in [1.54, 1.807) is 0 Å². The molecule has 0 unspecified atom stereocenters. The number of benzene rings is 4. The highest BCUT2D eigenvalue weighted by Crippen LogP contribution is 2.31. The summed E-state index contributed by atoms with van der Waals surface area (Å²) >= 11 is 0. The van der Waals surface area contributed by atoms with E-state index in [0.717, 1.165) is 45.3 Å². The number of alkyl halides is 3. The van der Waals surface area contributed by atoms with Gasteiger partial charge in [-0.1, -0.05) is 54.6 Å². The van der Waals surface area contributed by atoms with Crippen molar-refractivity contribution in [2.45, 2.75) is 18.6 Å². The van der Waals surface area contributed by atoms with Crippen molar-refractivity contribution >= 4 is 33.4 Å². The quantitative estimate of drug-likeness (QED) is 0.321. The van der Waals surface area contributed by atoms with Crippen molar-refractivity contribution in [2.75, 3.05) is 7.11 Å². The van der Waals surface area contributed by atoms with Gasteiger partial charge in [-0.05, 0) is 51.4 Å². The molecule has 0 heterocycles. The number of carbonyl (C=O) groups excluding carboxylic acids is 2. The van der Waals surface area contributed by atoms with Gasteiger partial charge in [0.1, 0.15) is 6.04 Å². The Morgan fingerprint density at radius 2 is 1.48 bits per heavy atom. The van der Waals surface area contributed by atoms with Crippen LogP contribution in [0, 0.1) is 0 Å². The molecule has 33 heavy (non-hydrogen) atoms. The fraction of sp³-hybridized carbons (Fsp3) is 0.154. The van der Waals surface area contributed by atoms with E-state index in [0.29, 0.717) is 0 Å². The molecular weight excluding hydrogens is 431 g/mol. The van der Waals surface area contributed by atoms with Crippen LogP contribution in [0.5, 0.6) is 0 Å². The van der Waals surface area contributed by atoms with Crippen LogP contribution in [0.15, 0.2) is 78.9 Å². The molecule has 168 valence electrons. The predicted molar refractivity (Wildman–Crippen MR) is 120 cm³/mol. The number of rotatable bonds is 5. The Bertz CT molecular complexity index is 1290. The monoisotopic (exact) mass is 451 g/mol. The van der Waals surface area contributed by atoms with Crippen molar-refractivity contribution in [1.82, 2.24) is 5.32 Å². The van der Waals surface area contributed by atoms with E-state index in [2.05, 4.69) is 5.32 Å². The van der Waals surface area contributed by atoms with Gasteiger partial charge in [-0.2, -0.15) is 13.2 Å². The lowest BCUT2D eigenvalue weighted by atomic mass is 9.92. The van der Waals surface area contributed by atoms with Gasteiger partial charge in [-0.25, -0.2) is 4.79 Å². The number of methoxy groups -OCH3 is 1. The summed E-state index contributed by atoms with van der Waals surface area (Å²) in [6, 6.07) is 20.4. The molecule has 4 aromatic rings. The topological polar surface area (TPSA) is 55.4 Å². The molecule has 4 rings (SSSR count). The molecule has 4 nitrogen and oxygen atoms in total. The second kappa shape index (κ2) is 8.94. The normalized spacial score (nSPS) is 12.5. The van der Waals surface area contributed by atoms with E-state index >= 15 is 0 Å². The lowest BCUT2D eigenvalue weighted by molar-refractivity contribution is -0.143. The Morgan fingerprint density at radius 3 is 2.06 bits per heavy atom. The fourth-order valence-electron chi connectivity index (χ4n) is 3.95. The molecule has 1 N–H and O–H groups in total. The highest BCUT2D eigenvalue weighted by atomic mass is 19.4. The third-order valence-electron chi connectivity index (χ3n) is 5.53. The van der Waals surface area contributed by atoms with Crippen molar-refractivity contribution in [2.24, 2.45) is 0 Å². The average Bonchev–Trinajstić information content (AvgIpc) is 2.82. The molecule has 4 aromatic carbocycles. The minimum absolute atomic E-state index is 0.110. The minimum Gasteiger partial charge on any atom is -0.467 e. The summed E-state index contributed by atoms with van der Waals surface area (Å²) in [4.78, 5) is 25.4. The van der Waals surface area contributed by atoms with Crippen molar-refractivity contribution in [3.05, 3.63) is 95.6 Å². The van der Waals surface area contributed by atoms with Gasteiger partial charge >= 0.3 is 12.1 Å². The summed E-state index contributed by atoms with van der Waals surface area (Å²) in [5.74, 6) is -1.48. The predicted octanol–water partition coefficient (Wildman–Crippen LogP) is 5.53. The number of fused-ring (bicyclic) bond motifs is 2. The van der Waals surface area contributed by atoms with Gasteiger partial charge in [0.05, 0.1) is 12.7 Å². The summed E-state index contributed by atoms with van der Waals surface area (Å²) in [5.41, 5.74) is -0.297. The third-order valence-corrected chi connectivity index (χ3v) is 5.53. The zero-order valence-corrected chi connectivity index (χ0v) is 17.6. The summed E-state index contributed by atoms with van der Waals surface area (Å²) in [5, 5.41) is 6.33. The maximum atomic E-state index is 13.1. The van der Waals surface area contributed by atoms with Crippen molar-refractivity contribution in [1.29, 1.82) is 0 Å². The molecule has 7 heteroatoms. The number of halogens is 3. The van der Waals surface area contributed by atoms with E-state index < -0.39 is 29.7 Å². The van der Waals surface area contributed by atoms with Gasteiger partial charge in [0.15, 0.2) is 0 Å². The Hall–Kier alpha value is -3.87. The van der Waals surface area contributed by atoms with E-state index in [-0.39, 0.29) is 12.0 Å². The van der Waals surface area contributed by atoms with Gasteiger partial charge in [-0.15, -0.1) is 0 Å². The number of amides is 1. The maximum absolute atomic E-state index is 13.1. The molecule has 0 spiro atoms. The van der Waals surface area contributed by atoms with E-state index in [9.17, 15) is 22.8 Å². The summed E-state index contributed by atoms with van der Waals surface area (Å²) in [6.45, 7) is 0. The van der Waals surface area contributed by atoms with Crippen LogP contribution in [0.2, 0.25) is 0 Å². The van der Waals surface area contributed by atoms with E-state index in [4.69, 9.17) is 4.74 Å². The number of hydrogen-bond donors (Lipinski definition) is 1. The second-order valence-corrected chi connectivity index (χ2v) is 7.63. The van der Waals surface area contributed by atoms with Gasteiger partial charge in [0, 0.05) is 12.0 Å². The second-order valence-electron chi connectivity index (χ2n) is 7.63.